The van der Waals surface area contributed by atoms with Gasteiger partial charge in [0.1, 0.15) is 36.4 Å². The van der Waals surface area contributed by atoms with E-state index in [1.807, 2.05) is 4.90 Å². The first-order valence-electron chi connectivity index (χ1n) is 16.7. The average molecular weight is 673 g/mol. The van der Waals surface area contributed by atoms with Crippen LogP contribution in [0, 0.1) is 5.92 Å². The summed E-state index contributed by atoms with van der Waals surface area (Å²) in [5.74, 6) is -3.43. The van der Waals surface area contributed by atoms with Crippen molar-refractivity contribution in [1.29, 1.82) is 0 Å². The fourth-order valence-corrected chi connectivity index (χ4v) is 8.44. The number of ketones is 1. The molecule has 0 radical (unpaired) electrons. The van der Waals surface area contributed by atoms with Crippen molar-refractivity contribution in [3.05, 3.63) is 11.8 Å². The van der Waals surface area contributed by atoms with Gasteiger partial charge >= 0.3 is 12.1 Å². The number of cyclic esters (lactones) is 1. The summed E-state index contributed by atoms with van der Waals surface area (Å²) >= 11 is 0. The van der Waals surface area contributed by atoms with Crippen LogP contribution in [0.1, 0.15) is 51.9 Å². The highest BCUT2D eigenvalue weighted by molar-refractivity contribution is 6.18. The number of aliphatic carboxylic acids is 1. The molecular formula is C31H44F4N6O6. The fourth-order valence-electron chi connectivity index (χ4n) is 8.44. The van der Waals surface area contributed by atoms with Crippen LogP contribution in [0.2, 0.25) is 0 Å². The highest BCUT2D eigenvalue weighted by Gasteiger charge is 2.52. The highest BCUT2D eigenvalue weighted by Crippen LogP contribution is 2.39. The Balaban J connectivity index is 1.06. The van der Waals surface area contributed by atoms with Gasteiger partial charge in [-0.3, -0.25) is 24.7 Å². The molecule has 10 unspecified atom stereocenters. The Morgan fingerprint density at radius 3 is 2.26 bits per heavy atom. The Morgan fingerprint density at radius 1 is 0.915 bits per heavy atom. The van der Waals surface area contributed by atoms with Crippen molar-refractivity contribution < 1.29 is 46.6 Å². The maximum absolute atomic E-state index is 15.8. The molecule has 3 saturated heterocycles. The summed E-state index contributed by atoms with van der Waals surface area (Å²) in [6.45, 7) is 3.64. The first-order chi connectivity index (χ1) is 22.4. The molecule has 0 aromatic carbocycles. The monoisotopic (exact) mass is 672 g/mol. The largest absolute Gasteiger partial charge is 0.478 e. The van der Waals surface area contributed by atoms with E-state index in [0.29, 0.717) is 45.6 Å². The minimum absolute atomic E-state index is 0.110. The third kappa shape index (κ3) is 6.95. The number of carboxylic acids is 1. The summed E-state index contributed by atoms with van der Waals surface area (Å²) in [6, 6.07) is -1.50. The smallest absolute Gasteiger partial charge is 0.410 e. The van der Waals surface area contributed by atoms with Crippen LogP contribution in [0.4, 0.5) is 22.4 Å². The Morgan fingerprint density at radius 2 is 1.60 bits per heavy atom. The van der Waals surface area contributed by atoms with E-state index in [1.54, 1.807) is 4.90 Å². The number of amides is 2. The first kappa shape index (κ1) is 33.9. The van der Waals surface area contributed by atoms with Gasteiger partial charge in [-0.25, -0.2) is 27.2 Å². The number of piperazine rings is 1. The number of nitrogens with one attached hydrogen (secondary N) is 2. The summed E-state index contributed by atoms with van der Waals surface area (Å²) in [5, 5.41) is 15.5. The van der Waals surface area contributed by atoms with Gasteiger partial charge < -0.3 is 25.0 Å². The van der Waals surface area contributed by atoms with E-state index < -0.39 is 78.5 Å². The Kier molecular flexibility index (Phi) is 10.0. The van der Waals surface area contributed by atoms with E-state index in [2.05, 4.69) is 15.5 Å². The molecule has 3 N–H and O–H groups in total. The normalized spacial score (nSPS) is 40.4. The zero-order valence-electron chi connectivity index (χ0n) is 26.4. The van der Waals surface area contributed by atoms with Gasteiger partial charge in [0.05, 0.1) is 37.4 Å². The molecule has 0 bridgehead atoms. The van der Waals surface area contributed by atoms with Gasteiger partial charge in [-0.2, -0.15) is 0 Å². The molecule has 2 amide bonds. The van der Waals surface area contributed by atoms with Crippen LogP contribution in [0.25, 0.3) is 0 Å². The van der Waals surface area contributed by atoms with Crippen molar-refractivity contribution in [1.82, 2.24) is 30.2 Å². The molecule has 5 fully saturated rings. The van der Waals surface area contributed by atoms with E-state index >= 15 is 13.2 Å². The molecule has 11 atom stereocenters. The maximum Gasteiger partial charge on any atom is 0.410 e. The van der Waals surface area contributed by atoms with Gasteiger partial charge in [0.2, 0.25) is 5.91 Å². The summed E-state index contributed by atoms with van der Waals surface area (Å²) in [4.78, 5) is 55.6. The number of hydrogen-bond acceptors (Lipinski definition) is 9. The molecule has 2 aliphatic carbocycles. The highest BCUT2D eigenvalue weighted by atomic mass is 19.2. The quantitative estimate of drug-likeness (QED) is 0.270. The lowest BCUT2D eigenvalue weighted by molar-refractivity contribution is -0.140. The molecule has 12 nitrogen and oxygen atoms in total. The van der Waals surface area contributed by atoms with Gasteiger partial charge in [-0.1, -0.05) is 0 Å². The van der Waals surface area contributed by atoms with Gasteiger partial charge in [0, 0.05) is 64.2 Å². The van der Waals surface area contributed by atoms with Crippen LogP contribution in [-0.2, 0) is 19.1 Å². The van der Waals surface area contributed by atoms with Crippen LogP contribution in [0.5, 0.6) is 0 Å². The van der Waals surface area contributed by atoms with Gasteiger partial charge in [0.25, 0.3) is 0 Å². The van der Waals surface area contributed by atoms with Crippen molar-refractivity contribution in [3.63, 3.8) is 0 Å². The zero-order valence-corrected chi connectivity index (χ0v) is 26.4. The topological polar surface area (TPSA) is 135 Å². The van der Waals surface area contributed by atoms with Crippen LogP contribution in [-0.4, -0.2) is 149 Å². The molecule has 6 rings (SSSR count). The molecule has 0 spiro atoms. The number of Topliss-reactive ketones (excluding diaryl/α,β-unsaturated/α-hetero) is 1. The minimum Gasteiger partial charge on any atom is -0.478 e. The summed E-state index contributed by atoms with van der Waals surface area (Å²) in [7, 11) is 0. The summed E-state index contributed by atoms with van der Waals surface area (Å²) < 4.78 is 65.8. The van der Waals surface area contributed by atoms with Crippen LogP contribution in [0.3, 0.4) is 0 Å². The lowest BCUT2D eigenvalue weighted by Crippen LogP contribution is -2.71. The molecule has 0 aromatic heterocycles. The molecule has 0 aromatic rings. The van der Waals surface area contributed by atoms with Crippen molar-refractivity contribution in [3.8, 4) is 0 Å². The third-order valence-corrected chi connectivity index (χ3v) is 10.9. The van der Waals surface area contributed by atoms with Crippen molar-refractivity contribution in [2.45, 2.75) is 113 Å². The maximum atomic E-state index is 15.8. The van der Waals surface area contributed by atoms with E-state index in [1.165, 1.54) is 11.8 Å². The molecule has 6 aliphatic rings. The Hall–Kier alpha value is -2.98. The van der Waals surface area contributed by atoms with E-state index in [-0.39, 0.29) is 56.6 Å². The number of carbonyl (C=O) groups is 4. The molecule has 2 saturated carbocycles. The van der Waals surface area contributed by atoms with Crippen molar-refractivity contribution in [2.75, 3.05) is 39.3 Å². The predicted octanol–water partition coefficient (Wildman–Crippen LogP) is 1.50. The second kappa shape index (κ2) is 13.9. The Bertz CT molecular complexity index is 1250. The van der Waals surface area contributed by atoms with Crippen LogP contribution in [0.15, 0.2) is 11.8 Å². The predicted molar refractivity (Wildman–Crippen MR) is 159 cm³/mol. The summed E-state index contributed by atoms with van der Waals surface area (Å²) in [5.41, 5.74) is -0.524. The number of rotatable bonds is 7. The Labute approximate surface area is 270 Å². The van der Waals surface area contributed by atoms with E-state index in [9.17, 15) is 28.7 Å². The number of carbonyl (C=O) groups excluding carboxylic acids is 3. The first-order valence-corrected chi connectivity index (χ1v) is 16.7. The van der Waals surface area contributed by atoms with Crippen LogP contribution < -0.4 is 10.6 Å². The molecular weight excluding hydrogens is 628 g/mol. The number of fused-ring (bicyclic) bond motifs is 1. The number of carboxylic acid groups (broad SMARTS) is 1. The lowest BCUT2D eigenvalue weighted by atomic mass is 9.80. The lowest BCUT2D eigenvalue weighted by Gasteiger charge is -2.53. The van der Waals surface area contributed by atoms with Crippen molar-refractivity contribution >= 4 is 23.8 Å². The number of ether oxygens (including phenoxy) is 1. The van der Waals surface area contributed by atoms with Gasteiger partial charge in [0.15, 0.2) is 5.78 Å². The molecule has 4 heterocycles. The molecule has 16 heteroatoms. The van der Waals surface area contributed by atoms with Crippen LogP contribution >= 0.6 is 0 Å². The molecule has 4 aliphatic heterocycles. The third-order valence-electron chi connectivity index (χ3n) is 10.9. The molecule has 47 heavy (non-hydrogen) atoms. The number of hydrogen-bond donors (Lipinski definition) is 3. The van der Waals surface area contributed by atoms with Gasteiger partial charge in [-0.05, 0) is 32.1 Å². The average Bonchev–Trinajstić information content (AvgIpc) is 3.41. The number of nitrogens with zero attached hydrogens (tertiary/aromatic N) is 4. The summed E-state index contributed by atoms with van der Waals surface area (Å²) in [6.07, 6.45) is -6.09. The SMILES string of the molecule is CC(=O)NC[C@H]1CN(C2CCC(N3CCN(C4NC5C(CC4F)C(=O)C(C(=O)O)=CN5C4CCC(F)CC4F)CC3)C(F)C2)C(=O)O1. The number of alkyl halides is 4. The standard InChI is InChI=1S/C31H44F4N6O6/c1-16(42)36-13-19-14-40(31(46)47-19)18-3-5-25(23(34)11-18)38-6-8-39(9-7-38)29-24(35)12-20-27(43)21(30(44)45)15-41(28(20)37-29)26-4-2-17(32)10-22(26)33/h15,17-20,22-26,28-29,37H,2-14H2,1H3,(H,36,42)(H,44,45)/t17?,18?,19-,20?,22?,23?,24?,25?,26?,28?,29?/m0/s1. The fraction of sp³-hybridized carbons (Fsp3) is 0.806. The second-order valence-electron chi connectivity index (χ2n) is 13.8. The van der Waals surface area contributed by atoms with Gasteiger partial charge in [-0.15, -0.1) is 0 Å². The van der Waals surface area contributed by atoms with E-state index in [4.69, 9.17) is 4.74 Å². The van der Waals surface area contributed by atoms with Crippen molar-refractivity contribution in [2.24, 2.45) is 5.92 Å². The number of halogens is 4. The minimum atomic E-state index is -1.57. The van der Waals surface area contributed by atoms with E-state index in [0.717, 1.165) is 6.20 Å². The zero-order chi connectivity index (χ0) is 33.6. The second-order valence-corrected chi connectivity index (χ2v) is 13.8. The number of piperidine rings is 1. The molecule has 262 valence electrons.